The Kier molecular flexibility index (Phi) is 6.79. The van der Waals surface area contributed by atoms with Crippen molar-refractivity contribution in [3.63, 3.8) is 0 Å². The molecule has 0 bridgehead atoms. The molecule has 1 amide bonds. The van der Waals surface area contributed by atoms with Gasteiger partial charge in [-0.3, -0.25) is 4.79 Å². The van der Waals surface area contributed by atoms with Gasteiger partial charge in [-0.2, -0.15) is 5.10 Å². The number of benzene rings is 2. The molecule has 3 aromatic rings. The molecule has 0 unspecified atom stereocenters. The van der Waals surface area contributed by atoms with Gasteiger partial charge in [0.15, 0.2) is 6.61 Å². The molecule has 1 heterocycles. The van der Waals surface area contributed by atoms with Crippen molar-refractivity contribution in [3.8, 4) is 5.69 Å². The molecular weight excluding hydrogens is 366 g/mol. The smallest absolute Gasteiger partial charge is 0.338 e. The van der Waals surface area contributed by atoms with Gasteiger partial charge in [-0.1, -0.05) is 30.3 Å². The number of nitrogens with one attached hydrogen (secondary N) is 1. The number of aromatic nitrogens is 2. The van der Waals surface area contributed by atoms with E-state index in [4.69, 9.17) is 4.74 Å². The predicted octanol–water partition coefficient (Wildman–Crippen LogP) is 3.48. The van der Waals surface area contributed by atoms with Crippen molar-refractivity contribution in [2.75, 3.05) is 6.61 Å². The van der Waals surface area contributed by atoms with Gasteiger partial charge in [0.05, 0.1) is 11.3 Å². The maximum Gasteiger partial charge on any atom is 0.338 e. The number of hydrogen-bond donors (Lipinski definition) is 1. The SMILES string of the molecule is Cc1ccnn1-c1ccc(C(=O)OCC(=O)N[C@@H](C)CCc2ccccc2)cc1. The van der Waals surface area contributed by atoms with Crippen molar-refractivity contribution in [3.05, 3.63) is 83.7 Å². The van der Waals surface area contributed by atoms with E-state index in [1.165, 1.54) is 5.56 Å². The average molecular weight is 391 g/mol. The van der Waals surface area contributed by atoms with E-state index in [2.05, 4.69) is 22.5 Å². The minimum atomic E-state index is -0.527. The fourth-order valence-electron chi connectivity index (χ4n) is 3.01. The lowest BCUT2D eigenvalue weighted by Gasteiger charge is -2.14. The van der Waals surface area contributed by atoms with Crippen LogP contribution < -0.4 is 5.32 Å². The first-order valence-corrected chi connectivity index (χ1v) is 9.64. The minimum absolute atomic E-state index is 0.00185. The number of carbonyl (C=O) groups is 2. The van der Waals surface area contributed by atoms with Gasteiger partial charge in [0.25, 0.3) is 5.91 Å². The molecule has 0 radical (unpaired) electrons. The van der Waals surface area contributed by atoms with Crippen molar-refractivity contribution in [1.82, 2.24) is 15.1 Å². The Morgan fingerprint density at radius 1 is 1.07 bits per heavy atom. The van der Waals surface area contributed by atoms with E-state index in [-0.39, 0.29) is 18.6 Å². The van der Waals surface area contributed by atoms with Gasteiger partial charge in [0.1, 0.15) is 0 Å². The highest BCUT2D eigenvalue weighted by atomic mass is 16.5. The second kappa shape index (κ2) is 9.68. The van der Waals surface area contributed by atoms with Crippen LogP contribution in [0.4, 0.5) is 0 Å². The molecular formula is C23H25N3O3. The van der Waals surface area contributed by atoms with Gasteiger partial charge in [0, 0.05) is 17.9 Å². The largest absolute Gasteiger partial charge is 0.452 e. The molecule has 1 atom stereocenters. The molecule has 0 spiro atoms. The normalized spacial score (nSPS) is 11.7. The van der Waals surface area contributed by atoms with E-state index < -0.39 is 5.97 Å². The molecule has 0 saturated carbocycles. The summed E-state index contributed by atoms with van der Waals surface area (Å²) in [7, 11) is 0. The van der Waals surface area contributed by atoms with E-state index >= 15 is 0 Å². The number of ether oxygens (including phenoxy) is 1. The fourth-order valence-corrected chi connectivity index (χ4v) is 3.01. The zero-order valence-electron chi connectivity index (χ0n) is 16.7. The number of rotatable bonds is 8. The Labute approximate surface area is 170 Å². The van der Waals surface area contributed by atoms with E-state index in [9.17, 15) is 9.59 Å². The molecule has 0 aliphatic rings. The summed E-state index contributed by atoms with van der Waals surface area (Å²) in [6, 6.07) is 18.9. The lowest BCUT2D eigenvalue weighted by Crippen LogP contribution is -2.36. The Balaban J connectivity index is 1.43. The summed E-state index contributed by atoms with van der Waals surface area (Å²) in [6.07, 6.45) is 3.42. The maximum atomic E-state index is 12.2. The van der Waals surface area contributed by atoms with Crippen LogP contribution in [0.2, 0.25) is 0 Å². The van der Waals surface area contributed by atoms with Crippen LogP contribution in [0.3, 0.4) is 0 Å². The predicted molar refractivity (Wildman–Crippen MR) is 111 cm³/mol. The number of amides is 1. The molecule has 0 saturated heterocycles. The summed E-state index contributed by atoms with van der Waals surface area (Å²) >= 11 is 0. The molecule has 0 fully saturated rings. The minimum Gasteiger partial charge on any atom is -0.452 e. The molecule has 29 heavy (non-hydrogen) atoms. The quantitative estimate of drug-likeness (QED) is 0.597. The molecule has 3 rings (SSSR count). The van der Waals surface area contributed by atoms with Crippen LogP contribution in [0, 0.1) is 6.92 Å². The Morgan fingerprint density at radius 2 is 1.79 bits per heavy atom. The van der Waals surface area contributed by atoms with Crippen LogP contribution in [0.5, 0.6) is 0 Å². The van der Waals surface area contributed by atoms with Gasteiger partial charge < -0.3 is 10.1 Å². The highest BCUT2D eigenvalue weighted by Crippen LogP contribution is 2.12. The molecule has 6 nitrogen and oxygen atoms in total. The first kappa shape index (κ1) is 20.3. The van der Waals surface area contributed by atoms with E-state index in [1.54, 1.807) is 35.1 Å². The molecule has 6 heteroatoms. The van der Waals surface area contributed by atoms with Gasteiger partial charge in [-0.05, 0) is 62.6 Å². The lowest BCUT2D eigenvalue weighted by molar-refractivity contribution is -0.124. The maximum absolute atomic E-state index is 12.2. The molecule has 0 aliphatic carbocycles. The summed E-state index contributed by atoms with van der Waals surface area (Å²) in [4.78, 5) is 24.2. The first-order valence-electron chi connectivity index (χ1n) is 9.64. The van der Waals surface area contributed by atoms with Crippen LogP contribution in [0.15, 0.2) is 66.9 Å². The van der Waals surface area contributed by atoms with Gasteiger partial charge >= 0.3 is 5.97 Å². The van der Waals surface area contributed by atoms with E-state index in [1.807, 2.05) is 38.1 Å². The number of aryl methyl sites for hydroxylation is 2. The molecule has 1 aromatic heterocycles. The number of hydrogen-bond acceptors (Lipinski definition) is 4. The lowest BCUT2D eigenvalue weighted by atomic mass is 10.1. The zero-order chi connectivity index (χ0) is 20.6. The molecule has 0 aliphatic heterocycles. The van der Waals surface area contributed by atoms with Gasteiger partial charge in [0.2, 0.25) is 0 Å². The van der Waals surface area contributed by atoms with Crippen molar-refractivity contribution in [2.45, 2.75) is 32.7 Å². The van der Waals surface area contributed by atoms with Crippen LogP contribution in [0.25, 0.3) is 5.69 Å². The van der Waals surface area contributed by atoms with Gasteiger partial charge in [-0.15, -0.1) is 0 Å². The second-order valence-corrected chi connectivity index (χ2v) is 7.00. The number of carbonyl (C=O) groups excluding carboxylic acids is 2. The van der Waals surface area contributed by atoms with Crippen LogP contribution in [0.1, 0.15) is 35.0 Å². The van der Waals surface area contributed by atoms with Crippen LogP contribution in [-0.4, -0.2) is 34.3 Å². The third-order valence-electron chi connectivity index (χ3n) is 4.63. The summed E-state index contributed by atoms with van der Waals surface area (Å²) in [5.41, 5.74) is 3.48. The Bertz CT molecular complexity index is 949. The Hall–Kier alpha value is -3.41. The third kappa shape index (κ3) is 5.78. The highest BCUT2D eigenvalue weighted by Gasteiger charge is 2.13. The van der Waals surface area contributed by atoms with E-state index in [0.717, 1.165) is 24.2 Å². The fraction of sp³-hybridized carbons (Fsp3) is 0.261. The number of esters is 1. The molecule has 2 aromatic carbocycles. The zero-order valence-corrected chi connectivity index (χ0v) is 16.7. The Morgan fingerprint density at radius 3 is 2.45 bits per heavy atom. The molecule has 1 N–H and O–H groups in total. The van der Waals surface area contributed by atoms with Crippen molar-refractivity contribution >= 4 is 11.9 Å². The van der Waals surface area contributed by atoms with Crippen molar-refractivity contribution < 1.29 is 14.3 Å². The summed E-state index contributed by atoms with van der Waals surface area (Å²) < 4.78 is 6.91. The van der Waals surface area contributed by atoms with Crippen LogP contribution in [-0.2, 0) is 16.0 Å². The third-order valence-corrected chi connectivity index (χ3v) is 4.63. The van der Waals surface area contributed by atoms with Crippen LogP contribution >= 0.6 is 0 Å². The topological polar surface area (TPSA) is 73.2 Å². The van der Waals surface area contributed by atoms with E-state index in [0.29, 0.717) is 5.56 Å². The molecule has 150 valence electrons. The number of nitrogens with zero attached hydrogens (tertiary/aromatic N) is 2. The monoisotopic (exact) mass is 391 g/mol. The van der Waals surface area contributed by atoms with Gasteiger partial charge in [-0.25, -0.2) is 9.48 Å². The summed E-state index contributed by atoms with van der Waals surface area (Å²) in [5, 5.41) is 7.09. The average Bonchev–Trinajstić information content (AvgIpc) is 3.17. The first-order chi connectivity index (χ1) is 14.0. The van der Waals surface area contributed by atoms with Crippen molar-refractivity contribution in [1.29, 1.82) is 0 Å². The summed E-state index contributed by atoms with van der Waals surface area (Å²) in [5.74, 6) is -0.830. The second-order valence-electron chi connectivity index (χ2n) is 7.00. The standard InChI is InChI=1S/C23H25N3O3/c1-17(8-9-19-6-4-3-5-7-19)25-22(27)16-29-23(28)20-10-12-21(13-11-20)26-18(2)14-15-24-26/h3-7,10-15,17H,8-9,16H2,1-2H3,(H,25,27)/t17-/m0/s1. The highest BCUT2D eigenvalue weighted by molar-refractivity contribution is 5.91. The van der Waals surface area contributed by atoms with Crippen molar-refractivity contribution in [2.24, 2.45) is 0 Å². The summed E-state index contributed by atoms with van der Waals surface area (Å²) in [6.45, 7) is 3.60.